The van der Waals surface area contributed by atoms with E-state index in [9.17, 15) is 14.7 Å². The van der Waals surface area contributed by atoms with Crippen molar-refractivity contribution in [2.75, 3.05) is 5.32 Å². The Morgan fingerprint density at radius 2 is 1.76 bits per heavy atom. The summed E-state index contributed by atoms with van der Waals surface area (Å²) in [7, 11) is 0. The van der Waals surface area contributed by atoms with E-state index in [2.05, 4.69) is 20.6 Å². The van der Waals surface area contributed by atoms with Gasteiger partial charge in [0.1, 0.15) is 6.04 Å². The van der Waals surface area contributed by atoms with Gasteiger partial charge >= 0.3 is 12.0 Å². The lowest BCUT2D eigenvalue weighted by atomic mass is 10.1. The van der Waals surface area contributed by atoms with E-state index in [1.165, 1.54) is 12.4 Å². The second kappa shape index (κ2) is 6.99. The molecule has 2 amide bonds. The van der Waals surface area contributed by atoms with Crippen molar-refractivity contribution >= 4 is 17.9 Å². The molecule has 1 aromatic heterocycles. The molecular formula is C14H14N4O3. The maximum Gasteiger partial charge on any atom is 0.326 e. The minimum Gasteiger partial charge on any atom is -0.480 e. The Bertz CT molecular complexity index is 604. The van der Waals surface area contributed by atoms with Crippen LogP contribution in [-0.2, 0) is 11.2 Å². The van der Waals surface area contributed by atoms with Gasteiger partial charge in [0, 0.05) is 18.8 Å². The van der Waals surface area contributed by atoms with Crippen molar-refractivity contribution in [1.82, 2.24) is 15.3 Å². The van der Waals surface area contributed by atoms with Crippen LogP contribution in [0.5, 0.6) is 0 Å². The number of aliphatic carboxylic acids is 1. The summed E-state index contributed by atoms with van der Waals surface area (Å²) >= 11 is 0. The van der Waals surface area contributed by atoms with Crippen molar-refractivity contribution in [1.29, 1.82) is 0 Å². The first-order chi connectivity index (χ1) is 10.1. The van der Waals surface area contributed by atoms with Crippen molar-refractivity contribution < 1.29 is 14.7 Å². The van der Waals surface area contributed by atoms with E-state index in [4.69, 9.17) is 0 Å². The first-order valence-corrected chi connectivity index (χ1v) is 6.26. The number of amides is 2. The van der Waals surface area contributed by atoms with Crippen molar-refractivity contribution in [2.24, 2.45) is 0 Å². The van der Waals surface area contributed by atoms with Gasteiger partial charge in [0.25, 0.3) is 0 Å². The number of anilines is 1. The van der Waals surface area contributed by atoms with E-state index >= 15 is 0 Å². The van der Waals surface area contributed by atoms with Crippen LogP contribution in [0.2, 0.25) is 0 Å². The Kier molecular flexibility index (Phi) is 4.81. The number of rotatable bonds is 5. The second-order valence-electron chi connectivity index (χ2n) is 4.25. The largest absolute Gasteiger partial charge is 0.480 e. The molecule has 0 aliphatic heterocycles. The molecule has 0 saturated carbocycles. The molecule has 108 valence electrons. The van der Waals surface area contributed by atoms with Crippen LogP contribution in [0, 0.1) is 0 Å². The first-order valence-electron chi connectivity index (χ1n) is 6.26. The fourth-order valence-electron chi connectivity index (χ4n) is 1.71. The van der Waals surface area contributed by atoms with Crippen LogP contribution in [0.15, 0.2) is 48.8 Å². The molecule has 7 heteroatoms. The van der Waals surface area contributed by atoms with E-state index in [-0.39, 0.29) is 12.4 Å². The number of carboxylic acids is 1. The molecule has 0 bridgehead atoms. The fraction of sp³-hybridized carbons (Fsp3) is 0.143. The summed E-state index contributed by atoms with van der Waals surface area (Å²) in [4.78, 5) is 30.6. The van der Waals surface area contributed by atoms with Gasteiger partial charge in [0.05, 0.1) is 0 Å². The quantitative estimate of drug-likeness (QED) is 0.768. The summed E-state index contributed by atoms with van der Waals surface area (Å²) in [6.45, 7) is 0. The monoisotopic (exact) mass is 286 g/mol. The topological polar surface area (TPSA) is 104 Å². The number of hydrogen-bond donors (Lipinski definition) is 3. The van der Waals surface area contributed by atoms with Gasteiger partial charge in [-0.3, -0.25) is 5.32 Å². The van der Waals surface area contributed by atoms with Crippen molar-refractivity contribution in [2.45, 2.75) is 12.5 Å². The Labute approximate surface area is 121 Å². The van der Waals surface area contributed by atoms with Crippen LogP contribution in [-0.4, -0.2) is 33.1 Å². The third kappa shape index (κ3) is 4.57. The zero-order chi connectivity index (χ0) is 15.1. The molecule has 1 atom stereocenters. The van der Waals surface area contributed by atoms with Gasteiger partial charge in [-0.15, -0.1) is 0 Å². The molecule has 0 saturated heterocycles. The van der Waals surface area contributed by atoms with E-state index in [0.717, 1.165) is 5.56 Å². The molecule has 3 N–H and O–H groups in total. The summed E-state index contributed by atoms with van der Waals surface area (Å²) in [5, 5.41) is 13.9. The molecule has 0 radical (unpaired) electrons. The van der Waals surface area contributed by atoms with Crippen molar-refractivity contribution in [3.63, 3.8) is 0 Å². The van der Waals surface area contributed by atoms with E-state index in [0.29, 0.717) is 0 Å². The Morgan fingerprint density at radius 1 is 1.10 bits per heavy atom. The van der Waals surface area contributed by atoms with Crippen LogP contribution >= 0.6 is 0 Å². The predicted octanol–water partition coefficient (Wildman–Crippen LogP) is 1.29. The average molecular weight is 286 g/mol. The number of benzene rings is 1. The summed E-state index contributed by atoms with van der Waals surface area (Å²) in [5.41, 5.74) is 0.821. The van der Waals surface area contributed by atoms with Gasteiger partial charge < -0.3 is 10.4 Å². The van der Waals surface area contributed by atoms with Crippen LogP contribution in [0.4, 0.5) is 10.7 Å². The van der Waals surface area contributed by atoms with Crippen LogP contribution in [0.1, 0.15) is 5.56 Å². The predicted molar refractivity (Wildman–Crippen MR) is 75.8 cm³/mol. The molecular weight excluding hydrogens is 272 g/mol. The minimum atomic E-state index is -1.11. The molecule has 1 unspecified atom stereocenters. The number of carbonyl (C=O) groups is 2. The number of nitrogens with zero attached hydrogens (tertiary/aromatic N) is 2. The Morgan fingerprint density at radius 3 is 2.38 bits per heavy atom. The highest BCUT2D eigenvalue weighted by Crippen LogP contribution is 2.04. The SMILES string of the molecule is O=C(Nc1ncccn1)NC(Cc1ccccc1)C(=O)O. The van der Waals surface area contributed by atoms with Gasteiger partial charge in [-0.05, 0) is 11.6 Å². The lowest BCUT2D eigenvalue weighted by molar-refractivity contribution is -0.139. The third-order valence-corrected chi connectivity index (χ3v) is 2.68. The molecule has 0 fully saturated rings. The van der Waals surface area contributed by atoms with Gasteiger partial charge in [0.2, 0.25) is 5.95 Å². The van der Waals surface area contributed by atoms with Crippen molar-refractivity contribution in [3.05, 3.63) is 54.4 Å². The average Bonchev–Trinajstić information content (AvgIpc) is 2.48. The molecule has 21 heavy (non-hydrogen) atoms. The first kappa shape index (κ1) is 14.4. The van der Waals surface area contributed by atoms with E-state index in [1.807, 2.05) is 18.2 Å². The van der Waals surface area contributed by atoms with Crippen molar-refractivity contribution in [3.8, 4) is 0 Å². The number of carbonyl (C=O) groups excluding carboxylic acids is 1. The Balaban J connectivity index is 1.96. The summed E-state index contributed by atoms with van der Waals surface area (Å²) < 4.78 is 0. The zero-order valence-corrected chi connectivity index (χ0v) is 11.1. The van der Waals surface area contributed by atoms with Gasteiger partial charge in [-0.1, -0.05) is 30.3 Å². The van der Waals surface area contributed by atoms with Crippen LogP contribution < -0.4 is 10.6 Å². The van der Waals surface area contributed by atoms with Crippen LogP contribution in [0.3, 0.4) is 0 Å². The minimum absolute atomic E-state index is 0.110. The maximum atomic E-state index is 11.8. The summed E-state index contributed by atoms with van der Waals surface area (Å²) in [6, 6.07) is 8.98. The number of aromatic nitrogens is 2. The molecule has 2 aromatic rings. The molecule has 0 aliphatic carbocycles. The Hall–Kier alpha value is -2.96. The summed E-state index contributed by atoms with van der Waals surface area (Å²) in [6.07, 6.45) is 3.14. The highest BCUT2D eigenvalue weighted by Gasteiger charge is 2.20. The van der Waals surface area contributed by atoms with E-state index < -0.39 is 18.0 Å². The highest BCUT2D eigenvalue weighted by molar-refractivity contribution is 5.90. The molecule has 0 spiro atoms. The van der Waals surface area contributed by atoms with Gasteiger partial charge in [0.15, 0.2) is 0 Å². The van der Waals surface area contributed by atoms with E-state index in [1.54, 1.807) is 18.2 Å². The molecule has 1 aromatic carbocycles. The molecule has 7 nitrogen and oxygen atoms in total. The lowest BCUT2D eigenvalue weighted by Gasteiger charge is -2.14. The number of hydrogen-bond acceptors (Lipinski definition) is 4. The molecule has 2 rings (SSSR count). The normalized spacial score (nSPS) is 11.4. The van der Waals surface area contributed by atoms with Gasteiger partial charge in [-0.25, -0.2) is 19.6 Å². The highest BCUT2D eigenvalue weighted by atomic mass is 16.4. The maximum absolute atomic E-state index is 11.8. The smallest absolute Gasteiger partial charge is 0.326 e. The fourth-order valence-corrected chi connectivity index (χ4v) is 1.71. The third-order valence-electron chi connectivity index (χ3n) is 2.68. The zero-order valence-electron chi connectivity index (χ0n) is 11.1. The molecule has 0 aliphatic rings. The lowest BCUT2D eigenvalue weighted by Crippen LogP contribution is -2.44. The second-order valence-corrected chi connectivity index (χ2v) is 4.25. The van der Waals surface area contributed by atoms with Crippen LogP contribution in [0.25, 0.3) is 0 Å². The number of urea groups is 1. The van der Waals surface area contributed by atoms with Gasteiger partial charge in [-0.2, -0.15) is 0 Å². The summed E-state index contributed by atoms with van der Waals surface area (Å²) in [5.74, 6) is -0.998. The number of nitrogens with one attached hydrogen (secondary N) is 2. The number of carboxylic acid groups (broad SMARTS) is 1. The molecule has 1 heterocycles. The standard InChI is InChI=1S/C14H14N4O3/c19-12(20)11(9-10-5-2-1-3-6-10)17-14(21)18-13-15-7-4-8-16-13/h1-8,11H,9H2,(H,19,20)(H2,15,16,17,18,21).